The molecule has 4 nitrogen and oxygen atoms in total. The smallest absolute Gasteiger partial charge is 0.336 e. The summed E-state index contributed by atoms with van der Waals surface area (Å²) in [5.41, 5.74) is 2.11. The van der Waals surface area contributed by atoms with E-state index in [4.69, 9.17) is 0 Å². The number of carboxylic acids is 2. The summed E-state index contributed by atoms with van der Waals surface area (Å²) in [6.45, 7) is 9.88. The number of rotatable bonds is 4. The summed E-state index contributed by atoms with van der Waals surface area (Å²) in [4.78, 5) is 22.9. The van der Waals surface area contributed by atoms with Crippen molar-refractivity contribution in [3.8, 4) is 0 Å². The van der Waals surface area contributed by atoms with Crippen LogP contribution in [0, 0.1) is 0 Å². The molecule has 0 fully saturated rings. The van der Waals surface area contributed by atoms with Gasteiger partial charge in [-0.05, 0) is 41.0 Å². The van der Waals surface area contributed by atoms with Crippen molar-refractivity contribution in [3.63, 3.8) is 0 Å². The number of carbonyl (C=O) groups is 2. The molecule has 1 aromatic carbocycles. The molecule has 0 aromatic heterocycles. The zero-order valence-electron chi connectivity index (χ0n) is 12.7. The minimum absolute atomic E-state index is 0.0675. The Morgan fingerprint density at radius 3 is 1.90 bits per heavy atom. The zero-order chi connectivity index (χ0) is 15.7. The second kappa shape index (κ2) is 5.65. The molecule has 1 rings (SSSR count). The van der Waals surface area contributed by atoms with Gasteiger partial charge >= 0.3 is 11.9 Å². The summed E-state index contributed by atoms with van der Waals surface area (Å²) in [5.74, 6) is -2.36. The molecule has 0 radical (unpaired) electrons. The van der Waals surface area contributed by atoms with Crippen molar-refractivity contribution >= 4 is 11.9 Å². The molecule has 0 saturated carbocycles. The van der Waals surface area contributed by atoms with Crippen LogP contribution in [0.5, 0.6) is 0 Å². The molecule has 0 saturated heterocycles. The maximum Gasteiger partial charge on any atom is 0.336 e. The number of benzene rings is 1. The maximum atomic E-state index is 11.5. The summed E-state index contributed by atoms with van der Waals surface area (Å²) in [7, 11) is 0. The van der Waals surface area contributed by atoms with Gasteiger partial charge in [0.25, 0.3) is 0 Å². The van der Waals surface area contributed by atoms with Crippen LogP contribution in [-0.2, 0) is 18.3 Å². The van der Waals surface area contributed by atoms with Gasteiger partial charge in [0.15, 0.2) is 0 Å². The monoisotopic (exact) mass is 278 g/mol. The van der Waals surface area contributed by atoms with Crippen LogP contribution < -0.4 is 0 Å². The van der Waals surface area contributed by atoms with E-state index in [9.17, 15) is 19.8 Å². The van der Waals surface area contributed by atoms with Gasteiger partial charge in [0.2, 0.25) is 0 Å². The van der Waals surface area contributed by atoms with Gasteiger partial charge in [-0.2, -0.15) is 0 Å². The van der Waals surface area contributed by atoms with Crippen LogP contribution in [0.4, 0.5) is 0 Å². The van der Waals surface area contributed by atoms with Gasteiger partial charge in [-0.3, -0.25) is 0 Å². The van der Waals surface area contributed by atoms with E-state index in [1.165, 1.54) is 6.07 Å². The lowest BCUT2D eigenvalue weighted by Gasteiger charge is -2.28. The molecule has 0 atom stereocenters. The molecule has 0 aliphatic carbocycles. The molecule has 2 N–H and O–H groups in total. The van der Waals surface area contributed by atoms with Gasteiger partial charge < -0.3 is 10.2 Å². The number of aromatic carboxylic acids is 2. The van der Waals surface area contributed by atoms with Crippen LogP contribution >= 0.6 is 0 Å². The Bertz CT molecular complexity index is 551. The average Bonchev–Trinajstić information content (AvgIpc) is 2.34. The molecular weight excluding hydrogens is 256 g/mol. The zero-order valence-corrected chi connectivity index (χ0v) is 12.7. The van der Waals surface area contributed by atoms with E-state index in [2.05, 4.69) is 0 Å². The third-order valence-electron chi connectivity index (χ3n) is 3.44. The Labute approximate surface area is 119 Å². The van der Waals surface area contributed by atoms with Crippen molar-refractivity contribution in [1.29, 1.82) is 0 Å². The van der Waals surface area contributed by atoms with Crippen molar-refractivity contribution in [2.45, 2.75) is 52.9 Å². The van der Waals surface area contributed by atoms with Crippen LogP contribution in [0.2, 0.25) is 0 Å². The van der Waals surface area contributed by atoms with E-state index in [-0.39, 0.29) is 16.5 Å². The van der Waals surface area contributed by atoms with Crippen molar-refractivity contribution in [1.82, 2.24) is 0 Å². The first-order valence-electron chi connectivity index (χ1n) is 6.80. The van der Waals surface area contributed by atoms with Gasteiger partial charge in [-0.1, -0.05) is 34.6 Å². The van der Waals surface area contributed by atoms with Crippen molar-refractivity contribution in [2.24, 2.45) is 0 Å². The normalized spacial score (nSPS) is 11.4. The van der Waals surface area contributed by atoms with E-state index < -0.39 is 11.9 Å². The first kappa shape index (κ1) is 16.2. The lowest BCUT2D eigenvalue weighted by molar-refractivity contribution is 0.0650. The summed E-state index contributed by atoms with van der Waals surface area (Å²) >= 11 is 0. The van der Waals surface area contributed by atoms with Gasteiger partial charge in [0, 0.05) is 0 Å². The number of hydrogen-bond acceptors (Lipinski definition) is 2. The van der Waals surface area contributed by atoms with E-state index in [1.54, 1.807) is 0 Å². The predicted molar refractivity (Wildman–Crippen MR) is 77.8 cm³/mol. The summed E-state index contributed by atoms with van der Waals surface area (Å²) in [6.07, 6.45) is 1.18. The van der Waals surface area contributed by atoms with Crippen molar-refractivity contribution in [3.05, 3.63) is 33.9 Å². The molecule has 110 valence electrons. The van der Waals surface area contributed by atoms with Crippen molar-refractivity contribution < 1.29 is 19.8 Å². The molecule has 0 unspecified atom stereocenters. The molecule has 4 heteroatoms. The lowest BCUT2D eigenvalue weighted by atomic mass is 9.76. The molecule has 0 aliphatic rings. The molecule has 0 bridgehead atoms. The highest BCUT2D eigenvalue weighted by Crippen LogP contribution is 2.34. The summed E-state index contributed by atoms with van der Waals surface area (Å²) in [6, 6.07) is 1.52. The fraction of sp³-hybridized carbons (Fsp3) is 0.500. The van der Waals surface area contributed by atoms with Gasteiger partial charge in [-0.15, -0.1) is 0 Å². The van der Waals surface area contributed by atoms with E-state index in [1.807, 2.05) is 34.6 Å². The fourth-order valence-electron chi connectivity index (χ4n) is 2.78. The molecule has 0 aliphatic heterocycles. The van der Waals surface area contributed by atoms with Crippen LogP contribution in [0.3, 0.4) is 0 Å². The molecule has 0 amide bonds. The minimum atomic E-state index is -1.19. The maximum absolute atomic E-state index is 11.5. The van der Waals surface area contributed by atoms with E-state index in [0.717, 1.165) is 11.1 Å². The van der Waals surface area contributed by atoms with Crippen molar-refractivity contribution in [2.75, 3.05) is 0 Å². The van der Waals surface area contributed by atoms with Crippen LogP contribution in [-0.4, -0.2) is 22.2 Å². The molecular formula is C16H22O4. The van der Waals surface area contributed by atoms with Crippen LogP contribution in [0.15, 0.2) is 6.07 Å². The third kappa shape index (κ3) is 2.84. The standard InChI is InChI=1S/C16H22O4/c1-6-9-8-11(14(17)18)12(15(19)20)10(7-2)13(9)16(3,4)5/h8H,6-7H2,1-5H3,(H,17,18)(H,19,20). The van der Waals surface area contributed by atoms with Gasteiger partial charge in [-0.25, -0.2) is 9.59 Å². The number of aryl methyl sites for hydroxylation is 1. The number of carboxylic acid groups (broad SMARTS) is 2. The van der Waals surface area contributed by atoms with Gasteiger partial charge in [0.05, 0.1) is 11.1 Å². The Morgan fingerprint density at radius 1 is 1.05 bits per heavy atom. The number of hydrogen-bond donors (Lipinski definition) is 2. The quantitative estimate of drug-likeness (QED) is 0.883. The highest BCUT2D eigenvalue weighted by molar-refractivity contribution is 6.03. The Morgan fingerprint density at radius 2 is 1.60 bits per heavy atom. The second-order valence-corrected chi connectivity index (χ2v) is 5.88. The second-order valence-electron chi connectivity index (χ2n) is 5.88. The molecule has 1 aromatic rings. The van der Waals surface area contributed by atoms with Crippen LogP contribution in [0.1, 0.15) is 72.0 Å². The minimum Gasteiger partial charge on any atom is -0.478 e. The van der Waals surface area contributed by atoms with E-state index >= 15 is 0 Å². The molecule has 20 heavy (non-hydrogen) atoms. The Kier molecular flexibility index (Phi) is 4.58. The highest BCUT2D eigenvalue weighted by Gasteiger charge is 2.29. The Hall–Kier alpha value is -1.84. The van der Waals surface area contributed by atoms with Crippen LogP contribution in [0.25, 0.3) is 0 Å². The first-order valence-corrected chi connectivity index (χ1v) is 6.80. The van der Waals surface area contributed by atoms with Gasteiger partial charge in [0.1, 0.15) is 0 Å². The largest absolute Gasteiger partial charge is 0.478 e. The molecule has 0 heterocycles. The highest BCUT2D eigenvalue weighted by atomic mass is 16.4. The average molecular weight is 278 g/mol. The predicted octanol–water partition coefficient (Wildman–Crippen LogP) is 3.51. The Balaban J connectivity index is 3.91. The van der Waals surface area contributed by atoms with E-state index in [0.29, 0.717) is 18.4 Å². The SMILES string of the molecule is CCc1cc(C(=O)O)c(C(=O)O)c(CC)c1C(C)(C)C. The topological polar surface area (TPSA) is 74.6 Å². The fourth-order valence-corrected chi connectivity index (χ4v) is 2.78. The summed E-state index contributed by atoms with van der Waals surface area (Å²) < 4.78 is 0. The first-order chi connectivity index (χ1) is 9.15. The third-order valence-corrected chi connectivity index (χ3v) is 3.44. The lowest BCUT2D eigenvalue weighted by Crippen LogP contribution is -2.22. The summed E-state index contributed by atoms with van der Waals surface area (Å²) in [5, 5.41) is 18.7. The molecule has 0 spiro atoms.